The third-order valence-electron chi connectivity index (χ3n) is 1.96. The Morgan fingerprint density at radius 3 is 2.73 bits per heavy atom. The number of hydrogen-bond acceptors (Lipinski definition) is 3. The van der Waals surface area contributed by atoms with Crippen molar-refractivity contribution in [2.45, 2.75) is 26.3 Å². The number of pyridine rings is 1. The lowest BCUT2D eigenvalue weighted by atomic mass is 10.2. The van der Waals surface area contributed by atoms with Gasteiger partial charge in [-0.2, -0.15) is 0 Å². The van der Waals surface area contributed by atoms with Gasteiger partial charge in [-0.25, -0.2) is 13.1 Å². The average Bonchev–Trinajstić information content (AvgIpc) is 2.18. The van der Waals surface area contributed by atoms with Crippen molar-refractivity contribution in [3.8, 4) is 0 Å². The standard InChI is InChI=1S/C10H16N2O2S/c1-3-8-15(13,14)12-9(2)10-6-4-5-7-11-10/h4-7,9,12H,3,8H2,1-2H3/t9-/m0/s1. The molecule has 0 radical (unpaired) electrons. The molecule has 1 heterocycles. The molecular formula is C10H16N2O2S. The van der Waals surface area contributed by atoms with E-state index < -0.39 is 10.0 Å². The van der Waals surface area contributed by atoms with E-state index in [2.05, 4.69) is 9.71 Å². The molecule has 0 aliphatic heterocycles. The smallest absolute Gasteiger partial charge is 0.212 e. The highest BCUT2D eigenvalue weighted by molar-refractivity contribution is 7.89. The molecule has 4 nitrogen and oxygen atoms in total. The van der Waals surface area contributed by atoms with Crippen molar-refractivity contribution in [2.24, 2.45) is 0 Å². The summed E-state index contributed by atoms with van der Waals surface area (Å²) in [6, 6.07) is 5.17. The zero-order valence-electron chi connectivity index (χ0n) is 8.97. The lowest BCUT2D eigenvalue weighted by molar-refractivity contribution is 0.563. The van der Waals surface area contributed by atoms with Crippen LogP contribution < -0.4 is 4.72 Å². The van der Waals surface area contributed by atoms with Gasteiger partial charge in [0.2, 0.25) is 10.0 Å². The van der Waals surface area contributed by atoms with Crippen molar-refractivity contribution in [1.29, 1.82) is 0 Å². The average molecular weight is 228 g/mol. The molecule has 84 valence electrons. The van der Waals surface area contributed by atoms with Gasteiger partial charge in [-0.3, -0.25) is 4.98 Å². The minimum absolute atomic E-state index is 0.157. The number of nitrogens with zero attached hydrogens (tertiary/aromatic N) is 1. The van der Waals surface area contributed by atoms with E-state index in [9.17, 15) is 8.42 Å². The number of sulfonamides is 1. The van der Waals surface area contributed by atoms with Gasteiger partial charge in [-0.15, -0.1) is 0 Å². The summed E-state index contributed by atoms with van der Waals surface area (Å²) in [5.41, 5.74) is 0.733. The maximum absolute atomic E-state index is 11.5. The minimum Gasteiger partial charge on any atom is -0.260 e. The number of hydrogen-bond donors (Lipinski definition) is 1. The molecule has 0 saturated heterocycles. The van der Waals surface area contributed by atoms with E-state index >= 15 is 0 Å². The highest BCUT2D eigenvalue weighted by Crippen LogP contribution is 2.09. The predicted molar refractivity (Wildman–Crippen MR) is 59.9 cm³/mol. The summed E-state index contributed by atoms with van der Waals surface area (Å²) in [4.78, 5) is 4.10. The summed E-state index contributed by atoms with van der Waals surface area (Å²) in [5, 5.41) is 0. The maximum atomic E-state index is 11.5. The molecule has 1 aromatic rings. The van der Waals surface area contributed by atoms with Crippen molar-refractivity contribution >= 4 is 10.0 Å². The number of aromatic nitrogens is 1. The largest absolute Gasteiger partial charge is 0.260 e. The van der Waals surface area contributed by atoms with Crippen LogP contribution in [0.5, 0.6) is 0 Å². The monoisotopic (exact) mass is 228 g/mol. The molecule has 0 fully saturated rings. The zero-order chi connectivity index (χ0) is 11.3. The van der Waals surface area contributed by atoms with E-state index in [4.69, 9.17) is 0 Å². The Bertz CT molecular complexity index is 389. The first-order valence-electron chi connectivity index (χ1n) is 4.96. The molecule has 0 aliphatic carbocycles. The minimum atomic E-state index is -3.17. The summed E-state index contributed by atoms with van der Waals surface area (Å²) in [5.74, 6) is 0.157. The van der Waals surface area contributed by atoms with Gasteiger partial charge in [0.1, 0.15) is 0 Å². The molecule has 0 saturated carbocycles. The Balaban J connectivity index is 2.68. The second-order valence-corrected chi connectivity index (χ2v) is 5.29. The van der Waals surface area contributed by atoms with Crippen LogP contribution in [0.1, 0.15) is 32.0 Å². The van der Waals surface area contributed by atoms with Crippen LogP contribution in [0, 0.1) is 0 Å². The first-order valence-corrected chi connectivity index (χ1v) is 6.61. The number of nitrogens with one attached hydrogen (secondary N) is 1. The summed E-state index contributed by atoms with van der Waals surface area (Å²) in [7, 11) is -3.17. The fourth-order valence-corrected chi connectivity index (χ4v) is 2.60. The molecular weight excluding hydrogens is 212 g/mol. The van der Waals surface area contributed by atoms with E-state index in [1.165, 1.54) is 0 Å². The third-order valence-corrected chi connectivity index (χ3v) is 3.62. The van der Waals surface area contributed by atoms with Crippen LogP contribution in [0.4, 0.5) is 0 Å². The van der Waals surface area contributed by atoms with Gasteiger partial charge in [0.15, 0.2) is 0 Å². The quantitative estimate of drug-likeness (QED) is 0.830. The molecule has 1 atom stereocenters. The predicted octanol–water partition coefficient (Wildman–Crippen LogP) is 1.47. The lowest BCUT2D eigenvalue weighted by Crippen LogP contribution is -2.29. The number of rotatable bonds is 5. The second-order valence-electron chi connectivity index (χ2n) is 3.41. The first-order chi connectivity index (χ1) is 7.05. The van der Waals surface area contributed by atoms with Gasteiger partial charge in [0, 0.05) is 6.20 Å². The van der Waals surface area contributed by atoms with Crippen LogP contribution in [0.2, 0.25) is 0 Å². The van der Waals surface area contributed by atoms with Crippen molar-refractivity contribution < 1.29 is 8.42 Å². The Labute approximate surface area is 90.8 Å². The molecule has 0 spiro atoms. The van der Waals surface area contributed by atoms with Crippen LogP contribution in [-0.4, -0.2) is 19.2 Å². The van der Waals surface area contributed by atoms with Gasteiger partial charge in [0.05, 0.1) is 17.5 Å². The van der Waals surface area contributed by atoms with E-state index in [1.54, 1.807) is 25.3 Å². The van der Waals surface area contributed by atoms with Crippen LogP contribution in [-0.2, 0) is 10.0 Å². The highest BCUT2D eigenvalue weighted by atomic mass is 32.2. The van der Waals surface area contributed by atoms with E-state index in [-0.39, 0.29) is 11.8 Å². The third kappa shape index (κ3) is 3.97. The van der Waals surface area contributed by atoms with Crippen LogP contribution >= 0.6 is 0 Å². The van der Waals surface area contributed by atoms with E-state index in [1.807, 2.05) is 13.0 Å². The Hall–Kier alpha value is -0.940. The van der Waals surface area contributed by atoms with Crippen molar-refractivity contribution in [2.75, 3.05) is 5.75 Å². The topological polar surface area (TPSA) is 59.1 Å². The molecule has 1 N–H and O–H groups in total. The SMILES string of the molecule is CCCS(=O)(=O)N[C@@H](C)c1ccccn1. The molecule has 0 amide bonds. The zero-order valence-corrected chi connectivity index (χ0v) is 9.79. The first kappa shape index (κ1) is 12.1. The van der Waals surface area contributed by atoms with Crippen molar-refractivity contribution in [3.05, 3.63) is 30.1 Å². The fraction of sp³-hybridized carbons (Fsp3) is 0.500. The normalized spacial score (nSPS) is 13.7. The fourth-order valence-electron chi connectivity index (χ4n) is 1.29. The second kappa shape index (κ2) is 5.23. The molecule has 0 aromatic carbocycles. The molecule has 1 aromatic heterocycles. The molecule has 0 bridgehead atoms. The summed E-state index contributed by atoms with van der Waals surface area (Å²) in [6.07, 6.45) is 2.27. The van der Waals surface area contributed by atoms with Gasteiger partial charge in [-0.05, 0) is 25.5 Å². The van der Waals surface area contributed by atoms with Crippen molar-refractivity contribution in [3.63, 3.8) is 0 Å². The highest BCUT2D eigenvalue weighted by Gasteiger charge is 2.14. The van der Waals surface area contributed by atoms with E-state index in [0.717, 1.165) is 5.69 Å². The van der Waals surface area contributed by atoms with E-state index in [0.29, 0.717) is 6.42 Å². The molecule has 0 unspecified atom stereocenters. The molecule has 1 rings (SSSR count). The Kier molecular flexibility index (Phi) is 4.23. The van der Waals surface area contributed by atoms with Gasteiger partial charge < -0.3 is 0 Å². The summed E-state index contributed by atoms with van der Waals surface area (Å²) >= 11 is 0. The van der Waals surface area contributed by atoms with Gasteiger partial charge in [0.25, 0.3) is 0 Å². The summed E-state index contributed by atoms with van der Waals surface area (Å²) in [6.45, 7) is 3.63. The molecule has 15 heavy (non-hydrogen) atoms. The lowest BCUT2D eigenvalue weighted by Gasteiger charge is -2.12. The van der Waals surface area contributed by atoms with Crippen LogP contribution in [0.15, 0.2) is 24.4 Å². The maximum Gasteiger partial charge on any atom is 0.212 e. The van der Waals surface area contributed by atoms with Gasteiger partial charge in [-0.1, -0.05) is 13.0 Å². The Morgan fingerprint density at radius 2 is 2.20 bits per heavy atom. The molecule has 5 heteroatoms. The van der Waals surface area contributed by atoms with Crippen LogP contribution in [0.25, 0.3) is 0 Å². The van der Waals surface area contributed by atoms with Gasteiger partial charge >= 0.3 is 0 Å². The summed E-state index contributed by atoms with van der Waals surface area (Å²) < 4.78 is 25.5. The Morgan fingerprint density at radius 1 is 1.47 bits per heavy atom. The van der Waals surface area contributed by atoms with Crippen molar-refractivity contribution in [1.82, 2.24) is 9.71 Å². The van der Waals surface area contributed by atoms with Crippen LogP contribution in [0.3, 0.4) is 0 Å². The molecule has 0 aliphatic rings.